The van der Waals surface area contributed by atoms with Gasteiger partial charge in [-0.05, 0) is 55.5 Å². The van der Waals surface area contributed by atoms with Crippen LogP contribution in [0.3, 0.4) is 0 Å². The molecule has 236 valence electrons. The summed E-state index contributed by atoms with van der Waals surface area (Å²) in [5, 5.41) is 2.72. The Kier molecular flexibility index (Phi) is 10.1. The molecule has 0 spiro atoms. The van der Waals surface area contributed by atoms with Gasteiger partial charge < -0.3 is 15.8 Å². The Morgan fingerprint density at radius 3 is 1.87 bits per heavy atom. The van der Waals surface area contributed by atoms with E-state index >= 15 is 0 Å². The summed E-state index contributed by atoms with van der Waals surface area (Å²) < 4.78 is 80.2. The molecule has 0 radical (unpaired) electrons. The Labute approximate surface area is 254 Å². The first-order valence-corrected chi connectivity index (χ1v) is 13.8. The lowest BCUT2D eigenvalue weighted by Crippen LogP contribution is -2.19. The predicted molar refractivity (Wildman–Crippen MR) is 156 cm³/mol. The number of nitrogens with zero attached hydrogens (tertiary/aromatic N) is 2. The van der Waals surface area contributed by atoms with Crippen LogP contribution in [0.15, 0.2) is 72.8 Å². The summed E-state index contributed by atoms with van der Waals surface area (Å²) >= 11 is 0. The first-order valence-electron chi connectivity index (χ1n) is 13.8. The molecule has 0 aliphatic carbocycles. The smallest absolute Gasteiger partial charge is 0.416 e. The molecule has 0 saturated heterocycles. The minimum absolute atomic E-state index is 0.0495. The SMILES string of the molecule is CCOC(=O)CCc1nc(-c2ccc(C(F)(F)F)cc2)ccc1N.O=C1CCc2nc(-c3ccc(C(F)(F)F)cc3)ccc2N1. The first-order chi connectivity index (χ1) is 21.2. The largest absolute Gasteiger partial charge is 0.466 e. The molecule has 1 aliphatic heterocycles. The van der Waals surface area contributed by atoms with Gasteiger partial charge in [0.1, 0.15) is 0 Å². The van der Waals surface area contributed by atoms with Crippen molar-refractivity contribution in [3.8, 4) is 22.5 Å². The van der Waals surface area contributed by atoms with Crippen LogP contribution in [0.5, 0.6) is 0 Å². The number of rotatable bonds is 6. The third-order valence-corrected chi connectivity index (χ3v) is 6.73. The highest BCUT2D eigenvalue weighted by molar-refractivity contribution is 5.93. The number of carbonyl (C=O) groups excluding carboxylic acids is 2. The molecule has 13 heteroatoms. The fourth-order valence-electron chi connectivity index (χ4n) is 4.40. The van der Waals surface area contributed by atoms with Crippen molar-refractivity contribution in [2.75, 3.05) is 17.7 Å². The zero-order valence-electron chi connectivity index (χ0n) is 23.9. The molecule has 0 unspecified atom stereocenters. The summed E-state index contributed by atoms with van der Waals surface area (Å²) in [5.74, 6) is -0.398. The van der Waals surface area contributed by atoms with Crippen LogP contribution in [0, 0.1) is 0 Å². The second-order valence-corrected chi connectivity index (χ2v) is 9.93. The van der Waals surface area contributed by atoms with Crippen LogP contribution in [0.1, 0.15) is 42.3 Å². The quantitative estimate of drug-likeness (QED) is 0.169. The van der Waals surface area contributed by atoms with Gasteiger partial charge in [0.15, 0.2) is 0 Å². The lowest BCUT2D eigenvalue weighted by atomic mass is 10.0. The van der Waals surface area contributed by atoms with Gasteiger partial charge in [-0.15, -0.1) is 0 Å². The van der Waals surface area contributed by atoms with E-state index in [1.165, 1.54) is 24.3 Å². The van der Waals surface area contributed by atoms with Gasteiger partial charge in [-0.25, -0.2) is 0 Å². The zero-order valence-corrected chi connectivity index (χ0v) is 23.9. The van der Waals surface area contributed by atoms with Crippen molar-refractivity contribution >= 4 is 23.3 Å². The summed E-state index contributed by atoms with van der Waals surface area (Å²) in [7, 11) is 0. The fourth-order valence-corrected chi connectivity index (χ4v) is 4.40. The van der Waals surface area contributed by atoms with Crippen molar-refractivity contribution in [3.05, 3.63) is 95.3 Å². The normalized spacial score (nSPS) is 12.8. The number of nitrogens with two attached hydrogens (primary N) is 1. The van der Waals surface area contributed by atoms with Crippen LogP contribution in [-0.4, -0.2) is 28.5 Å². The van der Waals surface area contributed by atoms with Crippen molar-refractivity contribution in [2.45, 2.75) is 45.0 Å². The maximum atomic E-state index is 12.6. The predicted octanol–water partition coefficient (Wildman–Crippen LogP) is 7.50. The number of benzene rings is 2. The minimum atomic E-state index is -4.38. The summed E-state index contributed by atoms with van der Waals surface area (Å²) in [6.07, 6.45) is -7.36. The van der Waals surface area contributed by atoms with Crippen LogP contribution >= 0.6 is 0 Å². The number of fused-ring (bicyclic) bond motifs is 1. The lowest BCUT2D eigenvalue weighted by Gasteiger charge is -2.16. The van der Waals surface area contributed by atoms with Gasteiger partial charge in [0.25, 0.3) is 0 Å². The second kappa shape index (κ2) is 13.8. The van der Waals surface area contributed by atoms with Gasteiger partial charge >= 0.3 is 18.3 Å². The number of nitrogen functional groups attached to an aromatic ring is 1. The van der Waals surface area contributed by atoms with Gasteiger partial charge in [0.05, 0.1) is 58.3 Å². The number of carbonyl (C=O) groups is 2. The number of hydrogen-bond acceptors (Lipinski definition) is 6. The molecular formula is C32H28F6N4O3. The maximum absolute atomic E-state index is 12.6. The summed E-state index contributed by atoms with van der Waals surface area (Å²) in [5.41, 5.74) is 9.06. The highest BCUT2D eigenvalue weighted by atomic mass is 19.4. The first kappa shape index (κ1) is 33.0. The molecule has 5 rings (SSSR count). The zero-order chi connectivity index (χ0) is 32.8. The van der Waals surface area contributed by atoms with Gasteiger partial charge in [0, 0.05) is 30.4 Å². The number of halogens is 6. The van der Waals surface area contributed by atoms with Crippen LogP contribution in [0.2, 0.25) is 0 Å². The van der Waals surface area contributed by atoms with E-state index in [1.807, 2.05) is 0 Å². The molecule has 4 aromatic rings. The molecule has 0 saturated carbocycles. The number of aromatic nitrogens is 2. The number of anilines is 2. The topological polar surface area (TPSA) is 107 Å². The van der Waals surface area contributed by atoms with Crippen molar-refractivity contribution in [2.24, 2.45) is 0 Å². The van der Waals surface area contributed by atoms with E-state index in [-0.39, 0.29) is 18.3 Å². The summed E-state index contributed by atoms with van der Waals surface area (Å²) in [6.45, 7) is 2.02. The van der Waals surface area contributed by atoms with E-state index in [0.29, 0.717) is 65.5 Å². The van der Waals surface area contributed by atoms with Gasteiger partial charge in [-0.3, -0.25) is 19.6 Å². The second-order valence-electron chi connectivity index (χ2n) is 9.93. The fraction of sp³-hybridized carbons (Fsp3) is 0.250. The van der Waals surface area contributed by atoms with E-state index < -0.39 is 23.5 Å². The van der Waals surface area contributed by atoms with E-state index in [2.05, 4.69) is 15.3 Å². The molecule has 2 aromatic heterocycles. The molecule has 1 aliphatic rings. The average molecular weight is 631 g/mol. The molecule has 3 N–H and O–H groups in total. The minimum Gasteiger partial charge on any atom is -0.466 e. The average Bonchev–Trinajstić information content (AvgIpc) is 3.00. The molecule has 0 bridgehead atoms. The molecule has 45 heavy (non-hydrogen) atoms. The van der Waals surface area contributed by atoms with E-state index in [0.717, 1.165) is 30.0 Å². The van der Waals surface area contributed by atoms with Crippen molar-refractivity contribution in [3.63, 3.8) is 0 Å². The number of hydrogen-bond donors (Lipinski definition) is 2. The number of aryl methyl sites for hydroxylation is 2. The summed E-state index contributed by atoms with van der Waals surface area (Å²) in [4.78, 5) is 31.4. The van der Waals surface area contributed by atoms with E-state index in [4.69, 9.17) is 10.5 Å². The maximum Gasteiger partial charge on any atom is 0.416 e. The molecule has 1 amide bonds. The van der Waals surface area contributed by atoms with Crippen LogP contribution in [0.25, 0.3) is 22.5 Å². The third-order valence-electron chi connectivity index (χ3n) is 6.73. The van der Waals surface area contributed by atoms with Gasteiger partial charge in [-0.1, -0.05) is 24.3 Å². The molecule has 3 heterocycles. The highest BCUT2D eigenvalue weighted by Crippen LogP contribution is 2.32. The van der Waals surface area contributed by atoms with Crippen LogP contribution < -0.4 is 11.1 Å². The monoisotopic (exact) mass is 630 g/mol. The number of nitrogens with one attached hydrogen (secondary N) is 1. The number of amides is 1. The van der Waals surface area contributed by atoms with Gasteiger partial charge in [-0.2, -0.15) is 26.3 Å². The Morgan fingerprint density at radius 2 is 1.33 bits per heavy atom. The number of ether oxygens (including phenoxy) is 1. The highest BCUT2D eigenvalue weighted by Gasteiger charge is 2.31. The lowest BCUT2D eigenvalue weighted by molar-refractivity contribution is -0.143. The molecule has 0 atom stereocenters. The molecule has 0 fully saturated rings. The number of alkyl halides is 6. The number of pyridine rings is 2. The van der Waals surface area contributed by atoms with E-state index in [9.17, 15) is 35.9 Å². The summed E-state index contributed by atoms with van der Waals surface area (Å²) in [6, 6.07) is 16.3. The Bertz CT molecular complexity index is 1650. The molecule has 2 aromatic carbocycles. The van der Waals surface area contributed by atoms with Crippen molar-refractivity contribution in [1.82, 2.24) is 9.97 Å². The van der Waals surface area contributed by atoms with Crippen molar-refractivity contribution < 1.29 is 40.7 Å². The third kappa shape index (κ3) is 8.80. The van der Waals surface area contributed by atoms with Gasteiger partial charge in [0.2, 0.25) is 5.91 Å². The Hall–Kier alpha value is -4.94. The van der Waals surface area contributed by atoms with E-state index in [1.54, 1.807) is 31.2 Å². The standard InChI is InChI=1S/C17H17F3N2O2.C15H11F3N2O/c1-2-24-16(23)10-9-15-13(21)7-8-14(22-15)11-3-5-12(6-4-11)17(18,19)20;16-15(17,18)10-3-1-9(2-4-10)11-5-6-13-12(19-11)7-8-14(21)20-13/h3-8H,2,9-10,21H2,1H3;1-6H,7-8H2,(H,20,21). The van der Waals surface area contributed by atoms with Crippen molar-refractivity contribution in [1.29, 1.82) is 0 Å². The Balaban J connectivity index is 0.000000206. The molecule has 7 nitrogen and oxygen atoms in total. The number of esters is 1. The Morgan fingerprint density at radius 1 is 0.800 bits per heavy atom. The van der Waals surface area contributed by atoms with Crippen LogP contribution in [0.4, 0.5) is 37.7 Å². The van der Waals surface area contributed by atoms with Crippen LogP contribution in [-0.2, 0) is 39.5 Å². The molecular weight excluding hydrogens is 602 g/mol.